The zero-order chi connectivity index (χ0) is 17.9. The Balaban J connectivity index is 1.27. The van der Waals surface area contributed by atoms with Gasteiger partial charge in [0.1, 0.15) is 11.6 Å². The highest BCUT2D eigenvalue weighted by atomic mass is 32.2. The van der Waals surface area contributed by atoms with Crippen LogP contribution < -0.4 is 0 Å². The third-order valence-electron chi connectivity index (χ3n) is 4.89. The molecule has 1 aliphatic heterocycles. The number of hydrogen-bond acceptors (Lipinski definition) is 3. The molecule has 1 fully saturated rings. The minimum Gasteiger partial charge on any atom is -0.333 e. The molecule has 0 radical (unpaired) electrons. The number of halogens is 2. The predicted molar refractivity (Wildman–Crippen MR) is 101 cm³/mol. The molecule has 2 heterocycles. The maximum absolute atomic E-state index is 13.7. The Hall–Kier alpha value is -1.92. The lowest BCUT2D eigenvalue weighted by atomic mass is 10.1. The van der Waals surface area contributed by atoms with Gasteiger partial charge in [-0.15, -0.1) is 0 Å². The van der Waals surface area contributed by atoms with E-state index in [4.69, 9.17) is 0 Å². The molecule has 2 aromatic carbocycles. The number of para-hydroxylation sites is 2. The second kappa shape index (κ2) is 7.76. The summed E-state index contributed by atoms with van der Waals surface area (Å²) in [5.74, 6) is -0.963. The van der Waals surface area contributed by atoms with E-state index in [2.05, 4.69) is 14.9 Å². The maximum Gasteiger partial charge on any atom is 0.166 e. The highest BCUT2D eigenvalue weighted by Gasteiger charge is 2.21. The number of aromatic amines is 1. The summed E-state index contributed by atoms with van der Waals surface area (Å²) in [6.07, 6.45) is 2.80. The number of benzene rings is 2. The smallest absolute Gasteiger partial charge is 0.166 e. The van der Waals surface area contributed by atoms with Crippen LogP contribution in [0, 0.1) is 11.6 Å². The van der Waals surface area contributed by atoms with Crippen molar-refractivity contribution in [1.82, 2.24) is 14.9 Å². The molecule has 0 bridgehead atoms. The molecule has 6 heteroatoms. The fraction of sp³-hybridized carbons (Fsp3) is 0.350. The van der Waals surface area contributed by atoms with E-state index in [0.29, 0.717) is 17.2 Å². The van der Waals surface area contributed by atoms with Gasteiger partial charge in [0.2, 0.25) is 0 Å². The van der Waals surface area contributed by atoms with E-state index in [1.807, 2.05) is 36.0 Å². The predicted octanol–water partition coefficient (Wildman–Crippen LogP) is 4.64. The lowest BCUT2D eigenvalue weighted by Crippen LogP contribution is -2.36. The molecule has 0 atom stereocenters. The molecule has 0 unspecified atom stereocenters. The van der Waals surface area contributed by atoms with Gasteiger partial charge in [0.25, 0.3) is 0 Å². The SMILES string of the molecule is Fc1ccc(CCN2CCC(Sc3nc4ccccc4[nH]3)CC2)c(F)c1. The Morgan fingerprint density at radius 1 is 1.12 bits per heavy atom. The van der Waals surface area contributed by atoms with E-state index >= 15 is 0 Å². The van der Waals surface area contributed by atoms with Gasteiger partial charge in [0, 0.05) is 17.9 Å². The first-order valence-electron chi connectivity index (χ1n) is 8.95. The molecule has 136 valence electrons. The number of nitrogens with one attached hydrogen (secondary N) is 1. The molecule has 1 aromatic heterocycles. The molecule has 1 N–H and O–H groups in total. The van der Waals surface area contributed by atoms with Crippen LogP contribution in [0.15, 0.2) is 47.6 Å². The zero-order valence-electron chi connectivity index (χ0n) is 14.4. The van der Waals surface area contributed by atoms with Crippen molar-refractivity contribution >= 4 is 22.8 Å². The van der Waals surface area contributed by atoms with Crippen LogP contribution in [0.3, 0.4) is 0 Å². The highest BCUT2D eigenvalue weighted by molar-refractivity contribution is 7.99. The van der Waals surface area contributed by atoms with Crippen molar-refractivity contribution in [2.75, 3.05) is 19.6 Å². The second-order valence-electron chi connectivity index (χ2n) is 6.70. The van der Waals surface area contributed by atoms with Crippen molar-refractivity contribution in [2.45, 2.75) is 29.7 Å². The quantitative estimate of drug-likeness (QED) is 0.707. The maximum atomic E-state index is 13.7. The molecule has 1 aliphatic rings. The summed E-state index contributed by atoms with van der Waals surface area (Å²) in [5, 5.41) is 1.53. The van der Waals surface area contributed by atoms with Gasteiger partial charge in [0.15, 0.2) is 5.16 Å². The molecule has 1 saturated heterocycles. The molecule has 4 rings (SSSR count). The van der Waals surface area contributed by atoms with Gasteiger partial charge in [0.05, 0.1) is 11.0 Å². The van der Waals surface area contributed by atoms with Gasteiger partial charge in [-0.1, -0.05) is 30.0 Å². The minimum absolute atomic E-state index is 0.444. The number of aromatic nitrogens is 2. The summed E-state index contributed by atoms with van der Waals surface area (Å²) in [6.45, 7) is 2.81. The first-order valence-corrected chi connectivity index (χ1v) is 9.83. The van der Waals surface area contributed by atoms with Crippen LogP contribution in [-0.4, -0.2) is 39.8 Å². The number of rotatable bonds is 5. The fourth-order valence-electron chi connectivity index (χ4n) is 3.40. The van der Waals surface area contributed by atoms with Crippen molar-refractivity contribution in [3.05, 3.63) is 59.7 Å². The van der Waals surface area contributed by atoms with E-state index in [0.717, 1.165) is 54.7 Å². The standard InChI is InChI=1S/C20H21F2N3S/c21-15-6-5-14(17(22)13-15)7-10-25-11-8-16(9-12-25)26-20-23-18-3-1-2-4-19(18)24-20/h1-6,13,16H,7-12H2,(H,23,24). The number of nitrogens with zero attached hydrogens (tertiary/aromatic N) is 2. The first-order chi connectivity index (χ1) is 12.7. The molecule has 26 heavy (non-hydrogen) atoms. The Kier molecular flexibility index (Phi) is 5.22. The number of thioether (sulfide) groups is 1. The first kappa shape index (κ1) is 17.5. The van der Waals surface area contributed by atoms with E-state index < -0.39 is 11.6 Å². The summed E-state index contributed by atoms with van der Waals surface area (Å²) >= 11 is 1.82. The van der Waals surface area contributed by atoms with Crippen molar-refractivity contribution < 1.29 is 8.78 Å². The summed E-state index contributed by atoms with van der Waals surface area (Å²) in [4.78, 5) is 10.4. The van der Waals surface area contributed by atoms with Crippen molar-refractivity contribution in [1.29, 1.82) is 0 Å². The highest BCUT2D eigenvalue weighted by Crippen LogP contribution is 2.30. The monoisotopic (exact) mass is 373 g/mol. The Bertz CT molecular complexity index is 855. The van der Waals surface area contributed by atoms with Gasteiger partial charge >= 0.3 is 0 Å². The van der Waals surface area contributed by atoms with Crippen LogP contribution in [-0.2, 0) is 6.42 Å². The molecule has 0 saturated carbocycles. The van der Waals surface area contributed by atoms with Crippen LogP contribution in [0.5, 0.6) is 0 Å². The number of likely N-dealkylation sites (tertiary alicyclic amines) is 1. The van der Waals surface area contributed by atoms with Crippen molar-refractivity contribution in [3.8, 4) is 0 Å². The van der Waals surface area contributed by atoms with Crippen molar-refractivity contribution in [3.63, 3.8) is 0 Å². The molecule has 0 aliphatic carbocycles. The number of hydrogen-bond donors (Lipinski definition) is 1. The normalized spacial score (nSPS) is 16.4. The van der Waals surface area contributed by atoms with Crippen LogP contribution in [0.2, 0.25) is 0 Å². The zero-order valence-corrected chi connectivity index (χ0v) is 15.2. The Morgan fingerprint density at radius 2 is 1.92 bits per heavy atom. The number of piperidine rings is 1. The van der Waals surface area contributed by atoms with Gasteiger partial charge in [-0.05, 0) is 56.1 Å². The van der Waals surface area contributed by atoms with E-state index in [9.17, 15) is 8.78 Å². The van der Waals surface area contributed by atoms with Gasteiger partial charge < -0.3 is 9.88 Å². The minimum atomic E-state index is -0.519. The lowest BCUT2D eigenvalue weighted by Gasteiger charge is -2.31. The number of H-pyrrole nitrogens is 1. The van der Waals surface area contributed by atoms with Gasteiger partial charge in [-0.25, -0.2) is 13.8 Å². The third-order valence-corrected chi connectivity index (χ3v) is 6.11. The molecule has 3 nitrogen and oxygen atoms in total. The summed E-state index contributed by atoms with van der Waals surface area (Å²) in [7, 11) is 0. The number of imidazole rings is 1. The van der Waals surface area contributed by atoms with Gasteiger partial charge in [-0.2, -0.15) is 0 Å². The second-order valence-corrected chi connectivity index (χ2v) is 7.99. The average Bonchev–Trinajstić information content (AvgIpc) is 3.04. The summed E-state index contributed by atoms with van der Waals surface area (Å²) in [5.41, 5.74) is 2.67. The molecule has 0 amide bonds. The van der Waals surface area contributed by atoms with Crippen LogP contribution in [0.1, 0.15) is 18.4 Å². The largest absolute Gasteiger partial charge is 0.333 e. The summed E-state index contributed by atoms with van der Waals surface area (Å²) in [6, 6.07) is 11.9. The topological polar surface area (TPSA) is 31.9 Å². The van der Waals surface area contributed by atoms with Gasteiger partial charge in [-0.3, -0.25) is 0 Å². The van der Waals surface area contributed by atoms with Crippen LogP contribution >= 0.6 is 11.8 Å². The van der Waals surface area contributed by atoms with E-state index in [-0.39, 0.29) is 0 Å². The fourth-order valence-corrected chi connectivity index (χ4v) is 4.48. The number of fused-ring (bicyclic) bond motifs is 1. The summed E-state index contributed by atoms with van der Waals surface area (Å²) < 4.78 is 26.7. The average molecular weight is 373 g/mol. The molecule has 3 aromatic rings. The lowest BCUT2D eigenvalue weighted by molar-refractivity contribution is 0.234. The molecule has 0 spiro atoms. The van der Waals surface area contributed by atoms with Crippen LogP contribution in [0.25, 0.3) is 11.0 Å². The Morgan fingerprint density at radius 3 is 2.69 bits per heavy atom. The van der Waals surface area contributed by atoms with E-state index in [1.165, 1.54) is 6.07 Å². The third kappa shape index (κ3) is 4.07. The molecular formula is C20H21F2N3S. The van der Waals surface area contributed by atoms with Crippen LogP contribution in [0.4, 0.5) is 8.78 Å². The Labute approximate surface area is 155 Å². The van der Waals surface area contributed by atoms with Crippen molar-refractivity contribution in [2.24, 2.45) is 0 Å². The van der Waals surface area contributed by atoms with E-state index in [1.54, 1.807) is 6.07 Å². The molecular weight excluding hydrogens is 352 g/mol.